The standard InChI is InChI=1S/C7H14N2O2/c1-9-4-3-8-6(5-9)7(10)11-2/h6,8H,3-5H2,1-2H3/t6-/m0/s1. The number of piperazine rings is 1. The molecule has 0 aromatic carbocycles. The highest BCUT2D eigenvalue weighted by Crippen LogP contribution is 1.96. The van der Waals surface area contributed by atoms with Crippen LogP contribution in [0.1, 0.15) is 0 Å². The van der Waals surface area contributed by atoms with Crippen molar-refractivity contribution in [2.75, 3.05) is 33.8 Å². The predicted octanol–water partition coefficient (Wildman–Crippen LogP) is -0.937. The van der Waals surface area contributed by atoms with E-state index in [-0.39, 0.29) is 12.0 Å². The maximum Gasteiger partial charge on any atom is 0.324 e. The molecule has 1 heterocycles. The smallest absolute Gasteiger partial charge is 0.324 e. The third-order valence-corrected chi connectivity index (χ3v) is 1.86. The van der Waals surface area contributed by atoms with E-state index < -0.39 is 0 Å². The van der Waals surface area contributed by atoms with Gasteiger partial charge in [0.1, 0.15) is 6.04 Å². The Bertz CT molecular complexity index is 149. The molecule has 0 amide bonds. The van der Waals surface area contributed by atoms with Crippen LogP contribution in [-0.2, 0) is 9.53 Å². The number of carbonyl (C=O) groups is 1. The first-order valence-corrected chi connectivity index (χ1v) is 3.74. The van der Waals surface area contributed by atoms with Gasteiger partial charge in [-0.25, -0.2) is 0 Å². The SMILES string of the molecule is COC(=O)[C@@H]1CN(C)CCN1. The molecule has 4 heteroatoms. The zero-order valence-electron chi connectivity index (χ0n) is 6.96. The molecule has 1 saturated heterocycles. The van der Waals surface area contributed by atoms with Crippen molar-refractivity contribution in [1.82, 2.24) is 10.2 Å². The average molecular weight is 158 g/mol. The van der Waals surface area contributed by atoms with Gasteiger partial charge in [0.25, 0.3) is 0 Å². The summed E-state index contributed by atoms with van der Waals surface area (Å²) in [7, 11) is 3.41. The number of nitrogens with one attached hydrogen (secondary N) is 1. The third-order valence-electron chi connectivity index (χ3n) is 1.86. The van der Waals surface area contributed by atoms with Crippen molar-refractivity contribution in [2.45, 2.75) is 6.04 Å². The molecule has 11 heavy (non-hydrogen) atoms. The summed E-state index contributed by atoms with van der Waals surface area (Å²) in [6, 6.07) is -0.140. The van der Waals surface area contributed by atoms with Gasteiger partial charge < -0.3 is 15.0 Å². The molecule has 0 aliphatic carbocycles. The number of rotatable bonds is 1. The van der Waals surface area contributed by atoms with E-state index in [0.717, 1.165) is 19.6 Å². The van der Waals surface area contributed by atoms with Crippen molar-refractivity contribution >= 4 is 5.97 Å². The first kappa shape index (κ1) is 8.49. The molecule has 1 N–H and O–H groups in total. The number of likely N-dealkylation sites (N-methyl/N-ethyl adjacent to an activating group) is 1. The highest BCUT2D eigenvalue weighted by atomic mass is 16.5. The Balaban J connectivity index is 2.39. The number of hydrogen-bond donors (Lipinski definition) is 1. The molecule has 0 unspecified atom stereocenters. The highest BCUT2D eigenvalue weighted by Gasteiger charge is 2.23. The van der Waals surface area contributed by atoms with E-state index in [1.54, 1.807) is 0 Å². The van der Waals surface area contributed by atoms with Gasteiger partial charge >= 0.3 is 5.97 Å². The predicted molar refractivity (Wildman–Crippen MR) is 41.3 cm³/mol. The molecule has 0 radical (unpaired) electrons. The van der Waals surface area contributed by atoms with Gasteiger partial charge in [-0.1, -0.05) is 0 Å². The minimum absolute atomic E-state index is 0.140. The Kier molecular flexibility index (Phi) is 2.84. The largest absolute Gasteiger partial charge is 0.468 e. The first-order chi connectivity index (χ1) is 5.24. The van der Waals surface area contributed by atoms with Crippen LogP contribution >= 0.6 is 0 Å². The molecule has 0 aromatic heterocycles. The van der Waals surface area contributed by atoms with E-state index in [1.165, 1.54) is 7.11 Å². The molecule has 1 fully saturated rings. The summed E-state index contributed by atoms with van der Waals surface area (Å²) in [5.41, 5.74) is 0. The average Bonchev–Trinajstić information content (AvgIpc) is 2.03. The Morgan fingerprint density at radius 3 is 3.00 bits per heavy atom. The molecular weight excluding hydrogens is 144 g/mol. The van der Waals surface area contributed by atoms with Crippen LogP contribution < -0.4 is 5.32 Å². The molecule has 0 aromatic rings. The van der Waals surface area contributed by atoms with Crippen molar-refractivity contribution in [3.63, 3.8) is 0 Å². The minimum Gasteiger partial charge on any atom is -0.468 e. The monoisotopic (exact) mass is 158 g/mol. The summed E-state index contributed by atoms with van der Waals surface area (Å²) in [6.45, 7) is 2.59. The number of esters is 1. The normalized spacial score (nSPS) is 26.5. The van der Waals surface area contributed by atoms with Crippen molar-refractivity contribution in [2.24, 2.45) is 0 Å². The molecule has 0 spiro atoms. The number of hydrogen-bond acceptors (Lipinski definition) is 4. The van der Waals surface area contributed by atoms with Gasteiger partial charge in [-0.15, -0.1) is 0 Å². The van der Waals surface area contributed by atoms with Gasteiger partial charge in [0.2, 0.25) is 0 Å². The van der Waals surface area contributed by atoms with Crippen molar-refractivity contribution in [3.05, 3.63) is 0 Å². The highest BCUT2D eigenvalue weighted by molar-refractivity contribution is 5.76. The lowest BCUT2D eigenvalue weighted by Gasteiger charge is -2.28. The Hall–Kier alpha value is -0.610. The van der Waals surface area contributed by atoms with Crippen molar-refractivity contribution < 1.29 is 9.53 Å². The lowest BCUT2D eigenvalue weighted by molar-refractivity contribution is -0.144. The Labute approximate surface area is 66.5 Å². The molecular formula is C7H14N2O2. The van der Waals surface area contributed by atoms with E-state index in [1.807, 2.05) is 7.05 Å². The quantitative estimate of drug-likeness (QED) is 0.500. The van der Waals surface area contributed by atoms with Crippen LogP contribution in [0.25, 0.3) is 0 Å². The van der Waals surface area contributed by atoms with E-state index in [9.17, 15) is 4.79 Å². The third kappa shape index (κ3) is 2.17. The maximum absolute atomic E-state index is 11.0. The summed E-state index contributed by atoms with van der Waals surface area (Å²) in [5, 5.41) is 3.08. The van der Waals surface area contributed by atoms with E-state index in [0.29, 0.717) is 0 Å². The van der Waals surface area contributed by atoms with Gasteiger partial charge in [0.15, 0.2) is 0 Å². The molecule has 4 nitrogen and oxygen atoms in total. The van der Waals surface area contributed by atoms with E-state index in [4.69, 9.17) is 0 Å². The fraction of sp³-hybridized carbons (Fsp3) is 0.857. The number of nitrogens with zero attached hydrogens (tertiary/aromatic N) is 1. The van der Waals surface area contributed by atoms with Gasteiger partial charge in [-0.2, -0.15) is 0 Å². The zero-order chi connectivity index (χ0) is 8.27. The van der Waals surface area contributed by atoms with Gasteiger partial charge in [0.05, 0.1) is 7.11 Å². The summed E-state index contributed by atoms with van der Waals surface area (Å²) >= 11 is 0. The Morgan fingerprint density at radius 2 is 2.45 bits per heavy atom. The second-order valence-corrected chi connectivity index (χ2v) is 2.79. The summed E-state index contributed by atoms with van der Waals surface area (Å²) in [5.74, 6) is -0.170. The Morgan fingerprint density at radius 1 is 1.73 bits per heavy atom. The maximum atomic E-state index is 11.0. The molecule has 0 bridgehead atoms. The van der Waals surface area contributed by atoms with Gasteiger partial charge in [0, 0.05) is 19.6 Å². The molecule has 1 rings (SSSR count). The second-order valence-electron chi connectivity index (χ2n) is 2.79. The lowest BCUT2D eigenvalue weighted by atomic mass is 10.2. The number of ether oxygens (including phenoxy) is 1. The van der Waals surface area contributed by atoms with Gasteiger partial charge in [-0.05, 0) is 7.05 Å². The molecule has 1 atom stereocenters. The van der Waals surface area contributed by atoms with Crippen LogP contribution in [0, 0.1) is 0 Å². The summed E-state index contributed by atoms with van der Waals surface area (Å²) in [6.07, 6.45) is 0. The van der Waals surface area contributed by atoms with Crippen LogP contribution in [0.5, 0.6) is 0 Å². The molecule has 0 saturated carbocycles. The van der Waals surface area contributed by atoms with Crippen LogP contribution in [-0.4, -0.2) is 50.7 Å². The number of methoxy groups -OCH3 is 1. The van der Waals surface area contributed by atoms with E-state index in [2.05, 4.69) is 15.0 Å². The minimum atomic E-state index is -0.170. The van der Waals surface area contributed by atoms with Crippen LogP contribution in [0.4, 0.5) is 0 Å². The number of carbonyl (C=O) groups excluding carboxylic acids is 1. The fourth-order valence-corrected chi connectivity index (χ4v) is 1.20. The topological polar surface area (TPSA) is 41.6 Å². The summed E-state index contributed by atoms with van der Waals surface area (Å²) in [4.78, 5) is 13.1. The molecule has 1 aliphatic heterocycles. The zero-order valence-corrected chi connectivity index (χ0v) is 6.96. The first-order valence-electron chi connectivity index (χ1n) is 3.74. The van der Waals surface area contributed by atoms with Crippen molar-refractivity contribution in [3.8, 4) is 0 Å². The fourth-order valence-electron chi connectivity index (χ4n) is 1.20. The van der Waals surface area contributed by atoms with E-state index >= 15 is 0 Å². The summed E-state index contributed by atoms with van der Waals surface area (Å²) < 4.78 is 4.61. The van der Waals surface area contributed by atoms with Crippen LogP contribution in [0.3, 0.4) is 0 Å². The van der Waals surface area contributed by atoms with Gasteiger partial charge in [-0.3, -0.25) is 4.79 Å². The van der Waals surface area contributed by atoms with Crippen molar-refractivity contribution in [1.29, 1.82) is 0 Å². The van der Waals surface area contributed by atoms with Crippen LogP contribution in [0.2, 0.25) is 0 Å². The van der Waals surface area contributed by atoms with Crippen LogP contribution in [0.15, 0.2) is 0 Å². The lowest BCUT2D eigenvalue weighted by Crippen LogP contribution is -2.53. The second kappa shape index (κ2) is 3.69. The molecule has 1 aliphatic rings. The molecule has 64 valence electrons.